The molecule has 88 valence electrons. The topological polar surface area (TPSA) is 78.1 Å². The van der Waals surface area contributed by atoms with Gasteiger partial charge in [0, 0.05) is 0 Å². The Kier molecular flexibility index (Phi) is 3.52. The summed E-state index contributed by atoms with van der Waals surface area (Å²) in [7, 11) is 0. The first-order valence-electron chi connectivity index (χ1n) is 4.73. The quantitative estimate of drug-likeness (QED) is 0.800. The Hall–Kier alpha value is -1.17. The van der Waals surface area contributed by atoms with Crippen LogP contribution < -0.4 is 5.73 Å². The normalized spacial score (nSPS) is 11.3. The number of halogens is 1. The Morgan fingerprint density at radius 1 is 1.38 bits per heavy atom. The summed E-state index contributed by atoms with van der Waals surface area (Å²) in [4.78, 5) is 19.7. The van der Waals surface area contributed by atoms with Crippen LogP contribution in [0.5, 0.6) is 0 Å². The minimum absolute atomic E-state index is 0.0346. The maximum absolute atomic E-state index is 11.7. The van der Waals surface area contributed by atoms with Crippen LogP contribution in [0.1, 0.15) is 37.0 Å². The van der Waals surface area contributed by atoms with Gasteiger partial charge in [-0.3, -0.25) is 0 Å². The molecule has 0 saturated heterocycles. The number of nitrogens with zero attached hydrogens (tertiary/aromatic N) is 2. The van der Waals surface area contributed by atoms with Gasteiger partial charge < -0.3 is 10.5 Å². The number of hydrogen-bond donors (Lipinski definition) is 1. The summed E-state index contributed by atoms with van der Waals surface area (Å²) in [5, 5.41) is 0. The van der Waals surface area contributed by atoms with Crippen LogP contribution in [-0.2, 0) is 4.74 Å². The number of nitrogen functional groups attached to an aromatic ring is 1. The van der Waals surface area contributed by atoms with Crippen molar-refractivity contribution in [1.29, 1.82) is 0 Å². The first-order chi connectivity index (χ1) is 7.20. The lowest BCUT2D eigenvalue weighted by molar-refractivity contribution is 0.00636. The number of esters is 1. The average Bonchev–Trinajstić information content (AvgIpc) is 2.08. The average molecular weight is 288 g/mol. The highest BCUT2D eigenvalue weighted by atomic mass is 79.9. The molecule has 5 nitrogen and oxygen atoms in total. The van der Waals surface area contributed by atoms with Crippen molar-refractivity contribution >= 4 is 27.7 Å². The fourth-order valence-electron chi connectivity index (χ4n) is 0.993. The Morgan fingerprint density at radius 3 is 2.44 bits per heavy atom. The number of aryl methyl sites for hydroxylation is 1. The van der Waals surface area contributed by atoms with Crippen LogP contribution in [0.4, 0.5) is 5.82 Å². The van der Waals surface area contributed by atoms with Gasteiger partial charge in [0.25, 0.3) is 0 Å². The monoisotopic (exact) mass is 287 g/mol. The Labute approximate surface area is 103 Å². The summed E-state index contributed by atoms with van der Waals surface area (Å²) in [5.74, 6) is -0.492. The number of nitrogens with two attached hydrogens (primary N) is 1. The van der Waals surface area contributed by atoms with Crippen molar-refractivity contribution in [3.05, 3.63) is 16.0 Å². The molecule has 0 unspecified atom stereocenters. The molecule has 0 aromatic carbocycles. The summed E-state index contributed by atoms with van der Waals surface area (Å²) < 4.78 is 5.65. The van der Waals surface area contributed by atoms with Crippen molar-refractivity contribution in [1.82, 2.24) is 9.97 Å². The third-order valence-electron chi connectivity index (χ3n) is 1.63. The standard InChI is InChI=1S/C10H14BrN3O2/c1-5-7(11)14-6(8(12)13-5)9(15)16-10(2,3)4/h1-4H3,(H2,12,13). The number of anilines is 1. The molecule has 0 atom stereocenters. The molecule has 0 saturated carbocycles. The van der Waals surface area contributed by atoms with E-state index >= 15 is 0 Å². The summed E-state index contributed by atoms with van der Waals surface area (Å²) in [6.07, 6.45) is 0. The van der Waals surface area contributed by atoms with Crippen LogP contribution in [0.15, 0.2) is 4.60 Å². The zero-order chi connectivity index (χ0) is 12.5. The largest absolute Gasteiger partial charge is 0.455 e. The predicted molar refractivity (Wildman–Crippen MR) is 64.0 cm³/mol. The van der Waals surface area contributed by atoms with Gasteiger partial charge in [0.1, 0.15) is 10.2 Å². The summed E-state index contributed by atoms with van der Waals surface area (Å²) in [6, 6.07) is 0. The summed E-state index contributed by atoms with van der Waals surface area (Å²) in [6.45, 7) is 7.07. The van der Waals surface area contributed by atoms with Gasteiger partial charge in [-0.1, -0.05) is 0 Å². The van der Waals surface area contributed by atoms with Crippen LogP contribution >= 0.6 is 15.9 Å². The molecule has 0 bridgehead atoms. The molecule has 1 aromatic heterocycles. The predicted octanol–water partition coefficient (Wildman–Crippen LogP) is 2.09. The van der Waals surface area contributed by atoms with Gasteiger partial charge in [0.15, 0.2) is 11.5 Å². The fourth-order valence-corrected chi connectivity index (χ4v) is 1.26. The van der Waals surface area contributed by atoms with E-state index < -0.39 is 11.6 Å². The van der Waals surface area contributed by atoms with Crippen molar-refractivity contribution in [2.45, 2.75) is 33.3 Å². The minimum atomic E-state index is -0.581. The van der Waals surface area contributed by atoms with E-state index in [4.69, 9.17) is 10.5 Å². The zero-order valence-corrected chi connectivity index (χ0v) is 11.3. The molecule has 2 N–H and O–H groups in total. The van der Waals surface area contributed by atoms with Gasteiger partial charge >= 0.3 is 5.97 Å². The third-order valence-corrected chi connectivity index (χ3v) is 2.38. The molecule has 6 heteroatoms. The van der Waals surface area contributed by atoms with Crippen molar-refractivity contribution in [3.8, 4) is 0 Å². The van der Waals surface area contributed by atoms with E-state index in [9.17, 15) is 4.79 Å². The van der Waals surface area contributed by atoms with Crippen LogP contribution in [0.25, 0.3) is 0 Å². The fraction of sp³-hybridized carbons (Fsp3) is 0.500. The van der Waals surface area contributed by atoms with Crippen LogP contribution in [0.3, 0.4) is 0 Å². The first kappa shape index (κ1) is 12.9. The lowest BCUT2D eigenvalue weighted by atomic mass is 10.2. The van der Waals surface area contributed by atoms with Crippen LogP contribution in [-0.4, -0.2) is 21.5 Å². The maximum atomic E-state index is 11.7. The molecule has 0 spiro atoms. The van der Waals surface area contributed by atoms with E-state index in [0.29, 0.717) is 10.3 Å². The SMILES string of the molecule is Cc1nc(N)c(C(=O)OC(C)(C)C)nc1Br. The molecule has 0 fully saturated rings. The van der Waals surface area contributed by atoms with E-state index in [2.05, 4.69) is 25.9 Å². The van der Waals surface area contributed by atoms with E-state index in [0.717, 1.165) is 0 Å². The van der Waals surface area contributed by atoms with E-state index in [1.54, 1.807) is 27.7 Å². The van der Waals surface area contributed by atoms with Gasteiger partial charge in [0.05, 0.1) is 5.69 Å². The molecule has 1 rings (SSSR count). The van der Waals surface area contributed by atoms with Gasteiger partial charge in [-0.15, -0.1) is 0 Å². The molecule has 0 aliphatic carbocycles. The zero-order valence-electron chi connectivity index (χ0n) is 9.67. The number of rotatable bonds is 1. The first-order valence-corrected chi connectivity index (χ1v) is 5.53. The molecule has 1 aromatic rings. The van der Waals surface area contributed by atoms with E-state index in [1.807, 2.05) is 0 Å². The molecule has 16 heavy (non-hydrogen) atoms. The second-order valence-electron chi connectivity index (χ2n) is 4.34. The van der Waals surface area contributed by atoms with E-state index in [1.165, 1.54) is 0 Å². The Morgan fingerprint density at radius 2 is 1.94 bits per heavy atom. The highest BCUT2D eigenvalue weighted by molar-refractivity contribution is 9.10. The van der Waals surface area contributed by atoms with Crippen molar-refractivity contribution in [2.24, 2.45) is 0 Å². The van der Waals surface area contributed by atoms with Crippen molar-refractivity contribution < 1.29 is 9.53 Å². The number of carbonyl (C=O) groups excluding carboxylic acids is 1. The van der Waals surface area contributed by atoms with Gasteiger partial charge in [-0.25, -0.2) is 14.8 Å². The highest BCUT2D eigenvalue weighted by Crippen LogP contribution is 2.18. The maximum Gasteiger partial charge on any atom is 0.361 e. The second-order valence-corrected chi connectivity index (χ2v) is 5.09. The molecule has 0 aliphatic heterocycles. The Bertz CT molecular complexity index is 427. The molecule has 0 amide bonds. The smallest absolute Gasteiger partial charge is 0.361 e. The lowest BCUT2D eigenvalue weighted by Gasteiger charge is -2.19. The van der Waals surface area contributed by atoms with Crippen LogP contribution in [0, 0.1) is 6.92 Å². The molecule has 0 aliphatic rings. The van der Waals surface area contributed by atoms with Crippen LogP contribution in [0.2, 0.25) is 0 Å². The van der Waals surface area contributed by atoms with Crippen molar-refractivity contribution in [3.63, 3.8) is 0 Å². The Balaban J connectivity index is 3.05. The number of hydrogen-bond acceptors (Lipinski definition) is 5. The minimum Gasteiger partial charge on any atom is -0.455 e. The molecule has 0 radical (unpaired) electrons. The van der Waals surface area contributed by atoms with Gasteiger partial charge in [-0.2, -0.15) is 0 Å². The number of carbonyl (C=O) groups is 1. The number of ether oxygens (including phenoxy) is 1. The third kappa shape index (κ3) is 3.16. The second kappa shape index (κ2) is 4.37. The number of aromatic nitrogens is 2. The molecule has 1 heterocycles. The molecular formula is C10H14BrN3O2. The van der Waals surface area contributed by atoms with Gasteiger partial charge in [-0.05, 0) is 43.6 Å². The summed E-state index contributed by atoms with van der Waals surface area (Å²) >= 11 is 3.19. The summed E-state index contributed by atoms with van der Waals surface area (Å²) in [5.41, 5.74) is 5.70. The van der Waals surface area contributed by atoms with Gasteiger partial charge in [0.2, 0.25) is 0 Å². The van der Waals surface area contributed by atoms with Crippen molar-refractivity contribution in [2.75, 3.05) is 5.73 Å². The lowest BCUT2D eigenvalue weighted by Crippen LogP contribution is -2.25. The van der Waals surface area contributed by atoms with E-state index in [-0.39, 0.29) is 11.5 Å². The highest BCUT2D eigenvalue weighted by Gasteiger charge is 2.22. The molecular weight excluding hydrogens is 274 g/mol.